The largest absolute Gasteiger partial charge is 0.480 e. The van der Waals surface area contributed by atoms with Crippen LogP contribution in [0.5, 0.6) is 0 Å². The molecule has 1 heterocycles. The van der Waals surface area contributed by atoms with Gasteiger partial charge in [0.25, 0.3) is 0 Å². The number of carboxylic acids is 1. The van der Waals surface area contributed by atoms with Crippen molar-refractivity contribution in [2.45, 2.75) is 25.9 Å². The molecule has 0 aliphatic heterocycles. The molecule has 19 heavy (non-hydrogen) atoms. The first-order chi connectivity index (χ1) is 9.00. The smallest absolute Gasteiger partial charge is 0.325 e. The summed E-state index contributed by atoms with van der Waals surface area (Å²) >= 11 is 0. The van der Waals surface area contributed by atoms with Crippen LogP contribution in [0.1, 0.15) is 19.9 Å². The van der Waals surface area contributed by atoms with E-state index in [0.29, 0.717) is 0 Å². The molecule has 2 aromatic rings. The summed E-state index contributed by atoms with van der Waals surface area (Å²) in [6, 6.07) is 6.03. The normalized spacial score (nSPS) is 14.0. The maximum atomic E-state index is 12.0. The van der Waals surface area contributed by atoms with Gasteiger partial charge in [0.05, 0.1) is 17.4 Å². The van der Waals surface area contributed by atoms with Crippen LogP contribution in [-0.2, 0) is 9.59 Å². The molecule has 6 heteroatoms. The third kappa shape index (κ3) is 2.57. The number of carbonyl (C=O) groups excluding carboxylic acids is 1. The molecule has 2 atom stereocenters. The zero-order chi connectivity index (χ0) is 14.0. The monoisotopic (exact) mass is 261 g/mol. The number of aliphatic carboxylic acids is 1. The lowest BCUT2D eigenvalue weighted by atomic mass is 10.2. The molecule has 0 saturated carbocycles. The minimum atomic E-state index is -1.06. The fourth-order valence-electron chi connectivity index (χ4n) is 1.81. The standard InChI is InChI=1S/C13H15N3O3/c1-8(13(18)19)15-12(17)9(2)16-7-14-10-5-3-4-6-11(10)16/h3-9H,1-2H3,(H,15,17)(H,18,19)/t8-,9?/m1/s1. The lowest BCUT2D eigenvalue weighted by Gasteiger charge is -2.16. The Morgan fingerprint density at radius 1 is 1.32 bits per heavy atom. The molecule has 0 spiro atoms. The highest BCUT2D eigenvalue weighted by molar-refractivity contribution is 5.87. The maximum absolute atomic E-state index is 12.0. The van der Waals surface area contributed by atoms with Crippen molar-refractivity contribution in [1.82, 2.24) is 14.9 Å². The first kappa shape index (κ1) is 13.1. The minimum absolute atomic E-state index is 0.349. The number of carboxylic acid groups (broad SMARTS) is 1. The molecule has 0 aliphatic carbocycles. The van der Waals surface area contributed by atoms with Gasteiger partial charge >= 0.3 is 5.97 Å². The highest BCUT2D eigenvalue weighted by atomic mass is 16.4. The number of nitrogens with one attached hydrogen (secondary N) is 1. The van der Waals surface area contributed by atoms with E-state index in [0.717, 1.165) is 11.0 Å². The summed E-state index contributed by atoms with van der Waals surface area (Å²) in [4.78, 5) is 26.9. The molecule has 6 nitrogen and oxygen atoms in total. The van der Waals surface area contributed by atoms with E-state index in [9.17, 15) is 9.59 Å². The lowest BCUT2D eigenvalue weighted by Crippen LogP contribution is -2.41. The van der Waals surface area contributed by atoms with Crippen molar-refractivity contribution in [3.63, 3.8) is 0 Å². The van der Waals surface area contributed by atoms with Crippen LogP contribution >= 0.6 is 0 Å². The number of para-hydroxylation sites is 2. The zero-order valence-corrected chi connectivity index (χ0v) is 10.7. The first-order valence-electron chi connectivity index (χ1n) is 5.95. The molecule has 1 unspecified atom stereocenters. The molecular weight excluding hydrogens is 246 g/mol. The topological polar surface area (TPSA) is 84.2 Å². The average molecular weight is 261 g/mol. The Labute approximate surface area is 110 Å². The number of benzene rings is 1. The summed E-state index contributed by atoms with van der Waals surface area (Å²) < 4.78 is 1.72. The Bertz CT molecular complexity index is 620. The molecule has 1 aromatic heterocycles. The quantitative estimate of drug-likeness (QED) is 0.865. The van der Waals surface area contributed by atoms with Gasteiger partial charge in [-0.1, -0.05) is 12.1 Å². The van der Waals surface area contributed by atoms with Crippen LogP contribution in [0, 0.1) is 0 Å². The van der Waals surface area contributed by atoms with Gasteiger partial charge in [0.2, 0.25) is 5.91 Å². The summed E-state index contributed by atoms with van der Waals surface area (Å²) in [6.07, 6.45) is 1.58. The molecule has 0 saturated heterocycles. The van der Waals surface area contributed by atoms with Gasteiger partial charge in [0, 0.05) is 0 Å². The van der Waals surface area contributed by atoms with Crippen molar-refractivity contribution in [1.29, 1.82) is 0 Å². The van der Waals surface area contributed by atoms with Crippen molar-refractivity contribution >= 4 is 22.9 Å². The van der Waals surface area contributed by atoms with Gasteiger partial charge in [0.1, 0.15) is 12.1 Å². The van der Waals surface area contributed by atoms with Gasteiger partial charge in [-0.05, 0) is 26.0 Å². The Balaban J connectivity index is 2.22. The summed E-state index contributed by atoms with van der Waals surface area (Å²) in [5, 5.41) is 11.2. The third-order valence-corrected chi connectivity index (χ3v) is 3.01. The van der Waals surface area contributed by atoms with Crippen molar-refractivity contribution in [3.8, 4) is 0 Å². The van der Waals surface area contributed by atoms with Crippen LogP contribution in [0.15, 0.2) is 30.6 Å². The van der Waals surface area contributed by atoms with Crippen LogP contribution in [0.3, 0.4) is 0 Å². The summed E-state index contributed by atoms with van der Waals surface area (Å²) in [5.41, 5.74) is 1.64. The Kier molecular flexibility index (Phi) is 3.50. The second-order valence-electron chi connectivity index (χ2n) is 4.39. The summed E-state index contributed by atoms with van der Waals surface area (Å²) in [5.74, 6) is -1.41. The zero-order valence-electron chi connectivity index (χ0n) is 10.7. The van der Waals surface area contributed by atoms with Gasteiger partial charge in [-0.15, -0.1) is 0 Å². The lowest BCUT2D eigenvalue weighted by molar-refractivity contribution is -0.141. The Hall–Kier alpha value is -2.37. The van der Waals surface area contributed by atoms with Crippen LogP contribution in [-0.4, -0.2) is 32.6 Å². The molecule has 1 aromatic carbocycles. The predicted octanol–water partition coefficient (Wildman–Crippen LogP) is 1.19. The second-order valence-corrected chi connectivity index (χ2v) is 4.39. The van der Waals surface area contributed by atoms with Gasteiger partial charge in [0.15, 0.2) is 0 Å². The number of imidazole rings is 1. The van der Waals surface area contributed by atoms with E-state index in [1.165, 1.54) is 6.92 Å². The highest BCUT2D eigenvalue weighted by Gasteiger charge is 2.21. The van der Waals surface area contributed by atoms with Crippen molar-refractivity contribution < 1.29 is 14.7 Å². The van der Waals surface area contributed by atoms with E-state index >= 15 is 0 Å². The Morgan fingerprint density at radius 2 is 2.00 bits per heavy atom. The Morgan fingerprint density at radius 3 is 2.68 bits per heavy atom. The maximum Gasteiger partial charge on any atom is 0.325 e. The molecule has 0 aliphatic rings. The third-order valence-electron chi connectivity index (χ3n) is 3.01. The van der Waals surface area contributed by atoms with Crippen molar-refractivity contribution in [2.75, 3.05) is 0 Å². The molecule has 2 N–H and O–H groups in total. The van der Waals surface area contributed by atoms with Gasteiger partial charge in [-0.3, -0.25) is 9.59 Å². The van der Waals surface area contributed by atoms with E-state index in [4.69, 9.17) is 5.11 Å². The van der Waals surface area contributed by atoms with Crippen LogP contribution in [0.25, 0.3) is 11.0 Å². The van der Waals surface area contributed by atoms with E-state index < -0.39 is 18.1 Å². The number of nitrogens with zero attached hydrogens (tertiary/aromatic N) is 2. The highest BCUT2D eigenvalue weighted by Crippen LogP contribution is 2.17. The number of hydrogen-bond donors (Lipinski definition) is 2. The summed E-state index contributed by atoms with van der Waals surface area (Å²) in [6.45, 7) is 3.14. The molecule has 0 radical (unpaired) electrons. The fraction of sp³-hybridized carbons (Fsp3) is 0.308. The number of carbonyl (C=O) groups is 2. The second kappa shape index (κ2) is 5.09. The average Bonchev–Trinajstić information content (AvgIpc) is 2.81. The van der Waals surface area contributed by atoms with Crippen LogP contribution in [0.2, 0.25) is 0 Å². The SMILES string of the molecule is CC(C(=O)N[C@H](C)C(=O)O)n1cnc2ccccc21. The number of hydrogen-bond acceptors (Lipinski definition) is 3. The molecule has 2 rings (SSSR count). The number of rotatable bonds is 4. The van der Waals surface area contributed by atoms with E-state index in [-0.39, 0.29) is 5.91 Å². The van der Waals surface area contributed by atoms with Crippen molar-refractivity contribution in [2.24, 2.45) is 0 Å². The first-order valence-corrected chi connectivity index (χ1v) is 5.95. The van der Waals surface area contributed by atoms with E-state index in [1.807, 2.05) is 24.3 Å². The number of aromatic nitrogens is 2. The molecule has 1 amide bonds. The van der Waals surface area contributed by atoms with Gasteiger partial charge in [-0.25, -0.2) is 4.98 Å². The predicted molar refractivity (Wildman–Crippen MR) is 69.7 cm³/mol. The number of amides is 1. The van der Waals surface area contributed by atoms with Gasteiger partial charge < -0.3 is 15.0 Å². The fourth-order valence-corrected chi connectivity index (χ4v) is 1.81. The molecular formula is C13H15N3O3. The van der Waals surface area contributed by atoms with Crippen LogP contribution in [0.4, 0.5) is 0 Å². The number of fused-ring (bicyclic) bond motifs is 1. The summed E-state index contributed by atoms with van der Waals surface area (Å²) in [7, 11) is 0. The molecule has 0 fully saturated rings. The van der Waals surface area contributed by atoms with Crippen molar-refractivity contribution in [3.05, 3.63) is 30.6 Å². The molecule has 0 bridgehead atoms. The van der Waals surface area contributed by atoms with E-state index in [1.54, 1.807) is 17.8 Å². The van der Waals surface area contributed by atoms with E-state index in [2.05, 4.69) is 10.3 Å². The minimum Gasteiger partial charge on any atom is -0.480 e. The van der Waals surface area contributed by atoms with Gasteiger partial charge in [-0.2, -0.15) is 0 Å². The van der Waals surface area contributed by atoms with Crippen LogP contribution < -0.4 is 5.32 Å². The molecule has 100 valence electrons.